The van der Waals surface area contributed by atoms with Gasteiger partial charge in [-0.3, -0.25) is 18.9 Å². The molecule has 1 aliphatic heterocycles. The average molecular weight is 537 g/mol. The maximum absolute atomic E-state index is 13.7. The molecule has 1 atom stereocenters. The zero-order chi connectivity index (χ0) is 25.8. The van der Waals surface area contributed by atoms with E-state index in [0.717, 1.165) is 78.0 Å². The maximum atomic E-state index is 13.7. The topological polar surface area (TPSA) is 103 Å². The highest BCUT2D eigenvalue weighted by Crippen LogP contribution is 2.30. The molecule has 1 N–H and O–H groups in total. The Hall–Kier alpha value is -3.49. The highest BCUT2D eigenvalue weighted by molar-refractivity contribution is 5.85. The van der Waals surface area contributed by atoms with E-state index in [1.54, 1.807) is 4.57 Å². The summed E-state index contributed by atoms with van der Waals surface area (Å²) in [6.45, 7) is 5.34. The molecule has 9 heteroatoms. The van der Waals surface area contributed by atoms with E-state index in [-0.39, 0.29) is 24.1 Å². The zero-order valence-electron chi connectivity index (χ0n) is 21.7. The molecule has 200 valence electrons. The number of hydrogen-bond acceptors (Lipinski definition) is 6. The second-order valence-electron chi connectivity index (χ2n) is 9.60. The van der Waals surface area contributed by atoms with Crippen LogP contribution < -0.4 is 11.3 Å². The molecule has 2 aromatic carbocycles. The summed E-state index contributed by atoms with van der Waals surface area (Å²) in [5.41, 5.74) is 5.41. The molecule has 0 amide bonds. The van der Waals surface area contributed by atoms with Crippen LogP contribution in [0.15, 0.2) is 62.6 Å². The van der Waals surface area contributed by atoms with E-state index >= 15 is 0 Å². The average Bonchev–Trinajstić information content (AvgIpc) is 3.36. The molecule has 4 aromatic rings. The summed E-state index contributed by atoms with van der Waals surface area (Å²) in [6, 6.07) is 15.9. The lowest BCUT2D eigenvalue weighted by Gasteiger charge is -2.24. The van der Waals surface area contributed by atoms with E-state index in [2.05, 4.69) is 17.1 Å². The van der Waals surface area contributed by atoms with Gasteiger partial charge in [0.2, 0.25) is 0 Å². The Morgan fingerprint density at radius 3 is 2.47 bits per heavy atom. The van der Waals surface area contributed by atoms with E-state index < -0.39 is 5.76 Å². The van der Waals surface area contributed by atoms with Gasteiger partial charge in [0.05, 0.1) is 18.3 Å². The molecule has 1 unspecified atom stereocenters. The number of halogens is 1. The van der Waals surface area contributed by atoms with Gasteiger partial charge in [0, 0.05) is 24.2 Å². The molecular weight excluding hydrogens is 504 g/mol. The first-order chi connectivity index (χ1) is 18.0. The van der Waals surface area contributed by atoms with Gasteiger partial charge < -0.3 is 4.74 Å². The number of aryl methyl sites for hydroxylation is 2. The van der Waals surface area contributed by atoms with E-state index in [1.807, 2.05) is 55.5 Å². The lowest BCUT2D eigenvalue weighted by molar-refractivity contribution is 0.00483. The molecule has 2 aromatic heterocycles. The summed E-state index contributed by atoms with van der Waals surface area (Å²) in [6.07, 6.45) is 5.47. The van der Waals surface area contributed by atoms with Crippen LogP contribution in [-0.4, -0.2) is 32.4 Å². The van der Waals surface area contributed by atoms with Crippen molar-refractivity contribution in [1.29, 1.82) is 0 Å². The van der Waals surface area contributed by atoms with Crippen molar-refractivity contribution in [2.45, 2.75) is 65.0 Å². The third-order valence-corrected chi connectivity index (χ3v) is 6.95. The molecule has 5 rings (SSSR count). The molecule has 1 fully saturated rings. The fourth-order valence-corrected chi connectivity index (χ4v) is 5.04. The number of H-pyrrole nitrogens is 1. The third-order valence-electron chi connectivity index (χ3n) is 6.95. The van der Waals surface area contributed by atoms with Crippen molar-refractivity contribution >= 4 is 12.4 Å². The van der Waals surface area contributed by atoms with Crippen LogP contribution in [0.4, 0.5) is 0 Å². The van der Waals surface area contributed by atoms with Gasteiger partial charge in [0.25, 0.3) is 5.56 Å². The third kappa shape index (κ3) is 5.97. The fraction of sp³-hybridized carbons (Fsp3) is 0.379. The fourth-order valence-electron chi connectivity index (χ4n) is 5.04. The zero-order valence-corrected chi connectivity index (χ0v) is 22.6. The summed E-state index contributed by atoms with van der Waals surface area (Å²) in [5.74, 6) is 0.557. The summed E-state index contributed by atoms with van der Waals surface area (Å²) >= 11 is 0. The Labute approximate surface area is 227 Å². The van der Waals surface area contributed by atoms with Crippen LogP contribution in [0, 0.1) is 6.92 Å². The van der Waals surface area contributed by atoms with Crippen molar-refractivity contribution in [3.8, 4) is 22.5 Å². The largest absolute Gasteiger partial charge is 0.439 e. The van der Waals surface area contributed by atoms with Gasteiger partial charge >= 0.3 is 5.76 Å². The second kappa shape index (κ2) is 12.4. The summed E-state index contributed by atoms with van der Waals surface area (Å²) in [5, 5.41) is 3.84. The predicted molar refractivity (Wildman–Crippen MR) is 149 cm³/mol. The van der Waals surface area contributed by atoms with Crippen molar-refractivity contribution in [2.75, 3.05) is 6.61 Å². The number of nitrogens with zero attached hydrogens (tertiary/aromatic N) is 3. The van der Waals surface area contributed by atoms with Crippen LogP contribution in [0.1, 0.15) is 55.3 Å². The monoisotopic (exact) mass is 536 g/mol. The van der Waals surface area contributed by atoms with E-state index in [0.29, 0.717) is 18.8 Å². The number of ether oxygens (including phenoxy) is 1. The van der Waals surface area contributed by atoms with Crippen LogP contribution in [0.5, 0.6) is 0 Å². The molecule has 3 heterocycles. The molecule has 38 heavy (non-hydrogen) atoms. The molecule has 0 aliphatic carbocycles. The highest BCUT2D eigenvalue weighted by Gasteiger charge is 2.20. The quantitative estimate of drug-likeness (QED) is 0.336. The molecule has 8 nitrogen and oxygen atoms in total. The van der Waals surface area contributed by atoms with Gasteiger partial charge in [-0.2, -0.15) is 0 Å². The first-order valence-corrected chi connectivity index (χ1v) is 13.0. The summed E-state index contributed by atoms with van der Waals surface area (Å²) in [4.78, 5) is 32.6. The van der Waals surface area contributed by atoms with Gasteiger partial charge in [0.15, 0.2) is 5.82 Å². The van der Waals surface area contributed by atoms with Crippen LogP contribution in [-0.2, 0) is 24.1 Å². The first-order valence-electron chi connectivity index (χ1n) is 13.0. The van der Waals surface area contributed by atoms with Crippen LogP contribution >= 0.6 is 12.4 Å². The van der Waals surface area contributed by atoms with Gasteiger partial charge in [-0.25, -0.2) is 9.78 Å². The standard InChI is InChI=1S/C29H32N4O4.ClH/c1-3-8-26-25(28(34)33(19(2)30-26)18-22-9-6-7-16-36-22)17-20-12-14-21(15-13-20)23-10-4-5-11-24(23)27-31-29(35)37-32-27;/h4-5,10-15,22H,3,6-9,16-18H2,1-2H3,(H,31,32,35);1H. The Bertz CT molecular complexity index is 1480. The van der Waals surface area contributed by atoms with Gasteiger partial charge in [0.1, 0.15) is 5.82 Å². The maximum Gasteiger partial charge on any atom is 0.439 e. The second-order valence-corrected chi connectivity index (χ2v) is 9.60. The van der Waals surface area contributed by atoms with Crippen molar-refractivity contribution in [2.24, 2.45) is 0 Å². The first kappa shape index (κ1) is 27.5. The molecule has 1 saturated heterocycles. The minimum absolute atomic E-state index is 0. The van der Waals surface area contributed by atoms with E-state index in [9.17, 15) is 9.59 Å². The van der Waals surface area contributed by atoms with E-state index in [4.69, 9.17) is 14.2 Å². The predicted octanol–water partition coefficient (Wildman–Crippen LogP) is 5.10. The SMILES string of the molecule is CCCc1nc(C)n(CC2CCCCO2)c(=O)c1Cc1ccc(-c2ccccc2-c2noc(=O)[nH]2)cc1.Cl. The summed E-state index contributed by atoms with van der Waals surface area (Å²) in [7, 11) is 0. The minimum atomic E-state index is -0.588. The van der Waals surface area contributed by atoms with Crippen LogP contribution in [0.25, 0.3) is 22.5 Å². The van der Waals surface area contributed by atoms with Gasteiger partial charge in [-0.15, -0.1) is 12.4 Å². The molecular formula is C29H33ClN4O4. The number of rotatable bonds is 8. The summed E-state index contributed by atoms with van der Waals surface area (Å²) < 4.78 is 12.4. The van der Waals surface area contributed by atoms with Crippen molar-refractivity contribution in [1.82, 2.24) is 19.7 Å². The Morgan fingerprint density at radius 2 is 1.82 bits per heavy atom. The Balaban J connectivity index is 0.00000336. The minimum Gasteiger partial charge on any atom is -0.376 e. The Kier molecular flexibility index (Phi) is 8.97. The van der Waals surface area contributed by atoms with Gasteiger partial charge in [-0.1, -0.05) is 67.0 Å². The molecule has 0 radical (unpaired) electrons. The lowest BCUT2D eigenvalue weighted by atomic mass is 9.96. The number of nitrogens with one attached hydrogen (secondary N) is 1. The van der Waals surface area contributed by atoms with E-state index in [1.165, 1.54) is 0 Å². The normalized spacial score (nSPS) is 15.3. The van der Waals surface area contributed by atoms with Crippen LogP contribution in [0.2, 0.25) is 0 Å². The molecule has 1 aliphatic rings. The number of benzene rings is 2. The highest BCUT2D eigenvalue weighted by atomic mass is 35.5. The number of aromatic nitrogens is 4. The lowest BCUT2D eigenvalue weighted by Crippen LogP contribution is -2.35. The molecule has 0 saturated carbocycles. The van der Waals surface area contributed by atoms with Crippen molar-refractivity contribution < 1.29 is 9.26 Å². The smallest absolute Gasteiger partial charge is 0.376 e. The van der Waals surface area contributed by atoms with Crippen molar-refractivity contribution in [3.63, 3.8) is 0 Å². The van der Waals surface area contributed by atoms with Crippen molar-refractivity contribution in [3.05, 3.63) is 92.1 Å². The molecule has 0 spiro atoms. The number of hydrogen-bond donors (Lipinski definition) is 1. The van der Waals surface area contributed by atoms with Gasteiger partial charge in [-0.05, 0) is 49.3 Å². The Morgan fingerprint density at radius 1 is 1.05 bits per heavy atom. The number of aromatic amines is 1. The van der Waals surface area contributed by atoms with Crippen LogP contribution in [0.3, 0.4) is 0 Å². The molecule has 0 bridgehead atoms.